The summed E-state index contributed by atoms with van der Waals surface area (Å²) >= 11 is 5.77. The summed E-state index contributed by atoms with van der Waals surface area (Å²) in [6, 6.07) is 5.16. The van der Waals surface area contributed by atoms with Gasteiger partial charge in [0.25, 0.3) is 0 Å². The standard InChI is InChI=1S/C19H14ClF3N4O4/c1-30-16(28)18-8-27(17(29)25-14-5-3-11(20)7-24-14)26-15(18)12-4-2-10(19(21,22)23)6-13(12)31-9-18/h2-7H,8-9H2,1H3,(H,24,25,29). The molecule has 2 aliphatic heterocycles. The van der Waals surface area contributed by atoms with Crippen molar-refractivity contribution in [3.05, 3.63) is 52.7 Å². The van der Waals surface area contributed by atoms with E-state index >= 15 is 0 Å². The number of rotatable bonds is 2. The van der Waals surface area contributed by atoms with Crippen LogP contribution in [0.3, 0.4) is 0 Å². The predicted octanol–water partition coefficient (Wildman–Crippen LogP) is 3.56. The molecule has 2 aliphatic rings. The third-order valence-corrected chi connectivity index (χ3v) is 5.13. The van der Waals surface area contributed by atoms with Crippen molar-refractivity contribution in [2.24, 2.45) is 10.5 Å². The van der Waals surface area contributed by atoms with Gasteiger partial charge in [0.2, 0.25) is 0 Å². The fourth-order valence-corrected chi connectivity index (χ4v) is 3.49. The van der Waals surface area contributed by atoms with Crippen LogP contribution in [-0.4, -0.2) is 48.0 Å². The molecule has 4 rings (SSSR count). The Bertz CT molecular complexity index is 1090. The number of urea groups is 1. The summed E-state index contributed by atoms with van der Waals surface area (Å²) in [6.45, 7) is -0.565. The first-order valence-electron chi connectivity index (χ1n) is 8.86. The third kappa shape index (κ3) is 3.65. The lowest BCUT2D eigenvalue weighted by Crippen LogP contribution is -2.50. The lowest BCUT2D eigenvalue weighted by molar-refractivity contribution is -0.150. The summed E-state index contributed by atoms with van der Waals surface area (Å²) in [5, 5.41) is 8.10. The highest BCUT2D eigenvalue weighted by molar-refractivity contribution is 6.30. The number of aromatic nitrogens is 1. The number of esters is 1. The zero-order valence-electron chi connectivity index (χ0n) is 15.9. The van der Waals surface area contributed by atoms with Crippen molar-refractivity contribution in [2.75, 3.05) is 25.6 Å². The zero-order valence-corrected chi connectivity index (χ0v) is 16.6. The number of fused-ring (bicyclic) bond motifs is 3. The van der Waals surface area contributed by atoms with Crippen LogP contribution in [0, 0.1) is 5.41 Å². The Kier molecular flexibility index (Phi) is 5.00. The number of nitrogens with one attached hydrogen (secondary N) is 1. The van der Waals surface area contributed by atoms with Gasteiger partial charge >= 0.3 is 18.2 Å². The van der Waals surface area contributed by atoms with Gasteiger partial charge in [0.1, 0.15) is 18.2 Å². The van der Waals surface area contributed by atoms with Gasteiger partial charge in [0.05, 0.1) is 30.0 Å². The summed E-state index contributed by atoms with van der Waals surface area (Å²) in [4.78, 5) is 29.3. The molecule has 0 saturated heterocycles. The van der Waals surface area contributed by atoms with Crippen LogP contribution in [0.25, 0.3) is 0 Å². The number of hydrogen-bond acceptors (Lipinski definition) is 6. The molecule has 0 aliphatic carbocycles. The molecular weight excluding hydrogens is 441 g/mol. The smallest absolute Gasteiger partial charge is 0.416 e. The Balaban J connectivity index is 1.70. The Morgan fingerprint density at radius 1 is 1.29 bits per heavy atom. The largest absolute Gasteiger partial charge is 0.491 e. The van der Waals surface area contributed by atoms with Crippen molar-refractivity contribution < 1.29 is 32.2 Å². The first kappa shape index (κ1) is 20.9. The van der Waals surface area contributed by atoms with Crippen LogP contribution in [0.2, 0.25) is 5.02 Å². The molecule has 3 heterocycles. The van der Waals surface area contributed by atoms with Crippen molar-refractivity contribution in [1.82, 2.24) is 9.99 Å². The molecule has 8 nitrogen and oxygen atoms in total. The van der Waals surface area contributed by atoms with Crippen LogP contribution < -0.4 is 10.1 Å². The molecule has 12 heteroatoms. The molecule has 0 fully saturated rings. The van der Waals surface area contributed by atoms with Crippen molar-refractivity contribution >= 4 is 35.1 Å². The number of nitrogens with zero attached hydrogens (tertiary/aromatic N) is 3. The zero-order chi connectivity index (χ0) is 22.4. The van der Waals surface area contributed by atoms with Crippen LogP contribution >= 0.6 is 11.6 Å². The molecule has 0 spiro atoms. The summed E-state index contributed by atoms with van der Waals surface area (Å²) in [5.41, 5.74) is -2.12. The maximum Gasteiger partial charge on any atom is 0.416 e. The number of pyridine rings is 1. The quantitative estimate of drug-likeness (QED) is 0.700. The molecule has 0 bridgehead atoms. The molecule has 2 aromatic rings. The molecule has 1 aromatic heterocycles. The second kappa shape index (κ2) is 7.41. The molecule has 0 saturated carbocycles. The van der Waals surface area contributed by atoms with E-state index in [9.17, 15) is 22.8 Å². The van der Waals surface area contributed by atoms with Crippen LogP contribution in [-0.2, 0) is 15.7 Å². The minimum atomic E-state index is -4.57. The molecule has 1 N–H and O–H groups in total. The van der Waals surface area contributed by atoms with Gasteiger partial charge in [-0.1, -0.05) is 11.6 Å². The number of amides is 2. The topological polar surface area (TPSA) is 93.1 Å². The number of anilines is 1. The van der Waals surface area contributed by atoms with Crippen LogP contribution in [0.1, 0.15) is 11.1 Å². The average molecular weight is 455 g/mol. The molecule has 31 heavy (non-hydrogen) atoms. The molecule has 1 unspecified atom stereocenters. The summed E-state index contributed by atoms with van der Waals surface area (Å²) in [5.74, 6) is -0.616. The van der Waals surface area contributed by atoms with E-state index in [1.165, 1.54) is 18.3 Å². The second-order valence-electron chi connectivity index (χ2n) is 6.87. The molecule has 1 aromatic carbocycles. The van der Waals surface area contributed by atoms with Crippen molar-refractivity contribution in [3.63, 3.8) is 0 Å². The monoisotopic (exact) mass is 454 g/mol. The number of carbonyl (C=O) groups is 2. The third-order valence-electron chi connectivity index (χ3n) is 4.90. The fraction of sp³-hybridized carbons (Fsp3) is 0.263. The van der Waals surface area contributed by atoms with E-state index in [-0.39, 0.29) is 36.0 Å². The molecular formula is C19H14ClF3N4O4. The fourth-order valence-electron chi connectivity index (χ4n) is 3.38. The maximum atomic E-state index is 13.0. The molecule has 162 valence electrons. The van der Waals surface area contributed by atoms with E-state index < -0.39 is 29.2 Å². The van der Waals surface area contributed by atoms with E-state index in [1.54, 1.807) is 0 Å². The van der Waals surface area contributed by atoms with Gasteiger partial charge in [0, 0.05) is 11.8 Å². The predicted molar refractivity (Wildman–Crippen MR) is 103 cm³/mol. The number of ether oxygens (including phenoxy) is 2. The minimum Gasteiger partial charge on any atom is -0.491 e. The van der Waals surface area contributed by atoms with E-state index in [4.69, 9.17) is 21.1 Å². The summed E-state index contributed by atoms with van der Waals surface area (Å²) < 4.78 is 49.5. The first-order valence-corrected chi connectivity index (χ1v) is 9.24. The molecule has 2 amide bonds. The Morgan fingerprint density at radius 3 is 2.71 bits per heavy atom. The highest BCUT2D eigenvalue weighted by Gasteiger charge is 2.56. The minimum absolute atomic E-state index is 0.0882. The number of alkyl halides is 3. The summed E-state index contributed by atoms with van der Waals surface area (Å²) in [7, 11) is 1.16. The van der Waals surface area contributed by atoms with Crippen molar-refractivity contribution in [2.45, 2.75) is 6.18 Å². The Hall–Kier alpha value is -3.34. The van der Waals surface area contributed by atoms with Crippen LogP contribution in [0.4, 0.5) is 23.8 Å². The number of hydrogen-bond donors (Lipinski definition) is 1. The lowest BCUT2D eigenvalue weighted by Gasteiger charge is -2.32. The second-order valence-corrected chi connectivity index (χ2v) is 7.31. The van der Waals surface area contributed by atoms with Crippen LogP contribution in [0.15, 0.2) is 41.6 Å². The first-order chi connectivity index (χ1) is 14.6. The number of carbonyl (C=O) groups excluding carboxylic acids is 2. The molecule has 0 radical (unpaired) electrons. The van der Waals surface area contributed by atoms with Crippen molar-refractivity contribution in [3.8, 4) is 5.75 Å². The molecule has 1 atom stereocenters. The highest BCUT2D eigenvalue weighted by atomic mass is 35.5. The van der Waals surface area contributed by atoms with E-state index in [0.29, 0.717) is 5.02 Å². The van der Waals surface area contributed by atoms with E-state index in [2.05, 4.69) is 15.4 Å². The van der Waals surface area contributed by atoms with Gasteiger partial charge in [0.15, 0.2) is 5.41 Å². The normalized spacial score (nSPS) is 19.6. The van der Waals surface area contributed by atoms with Gasteiger partial charge in [-0.2, -0.15) is 18.3 Å². The van der Waals surface area contributed by atoms with Gasteiger partial charge < -0.3 is 9.47 Å². The van der Waals surface area contributed by atoms with Crippen LogP contribution in [0.5, 0.6) is 5.75 Å². The van der Waals surface area contributed by atoms with Gasteiger partial charge in [-0.3, -0.25) is 10.1 Å². The highest BCUT2D eigenvalue weighted by Crippen LogP contribution is 2.43. The number of hydrazone groups is 1. The van der Waals surface area contributed by atoms with Crippen molar-refractivity contribution in [1.29, 1.82) is 0 Å². The Morgan fingerprint density at radius 2 is 2.06 bits per heavy atom. The van der Waals surface area contributed by atoms with Gasteiger partial charge in [-0.15, -0.1) is 0 Å². The number of methoxy groups -OCH3 is 1. The maximum absolute atomic E-state index is 13.0. The van der Waals surface area contributed by atoms with E-state index in [1.807, 2.05) is 0 Å². The average Bonchev–Trinajstić information content (AvgIpc) is 3.15. The number of halogens is 4. The van der Waals surface area contributed by atoms with Gasteiger partial charge in [-0.25, -0.2) is 14.8 Å². The van der Waals surface area contributed by atoms with E-state index in [0.717, 1.165) is 30.3 Å². The Labute approximate surface area is 178 Å². The lowest BCUT2D eigenvalue weighted by atomic mass is 9.78. The summed E-state index contributed by atoms with van der Waals surface area (Å²) in [6.07, 6.45) is -3.23. The number of benzene rings is 1. The SMILES string of the molecule is COC(=O)C12COc3cc(C(F)(F)F)ccc3C1=NN(C(=O)Nc1ccc(Cl)cn1)C2. The van der Waals surface area contributed by atoms with Gasteiger partial charge in [-0.05, 0) is 30.3 Å².